The number of phenols is 1. The molecular formula is C12H16ClNO2. The number of nitrogens with zero attached hydrogens (tertiary/aromatic N) is 1. The minimum absolute atomic E-state index is 0.00951. The average molecular weight is 242 g/mol. The number of halogens is 1. The van der Waals surface area contributed by atoms with Crippen LogP contribution in [0.5, 0.6) is 5.75 Å². The Kier molecular flexibility index (Phi) is 4.19. The van der Waals surface area contributed by atoms with Crippen molar-refractivity contribution < 1.29 is 9.90 Å². The van der Waals surface area contributed by atoms with Gasteiger partial charge in [-0.2, -0.15) is 0 Å². The smallest absolute Gasteiger partial charge is 0.253 e. The highest BCUT2D eigenvalue weighted by molar-refractivity contribution is 6.32. The van der Waals surface area contributed by atoms with E-state index in [0.29, 0.717) is 18.0 Å². The Hall–Kier alpha value is -1.22. The lowest BCUT2D eigenvalue weighted by Crippen LogP contribution is -2.30. The predicted molar refractivity (Wildman–Crippen MR) is 64.9 cm³/mol. The van der Waals surface area contributed by atoms with E-state index in [0.717, 1.165) is 0 Å². The molecule has 0 aliphatic rings. The molecule has 1 aromatic carbocycles. The second kappa shape index (κ2) is 5.21. The van der Waals surface area contributed by atoms with E-state index >= 15 is 0 Å². The third kappa shape index (κ3) is 3.14. The van der Waals surface area contributed by atoms with Gasteiger partial charge in [0.05, 0.1) is 5.02 Å². The number of hydrogen-bond donors (Lipinski definition) is 1. The van der Waals surface area contributed by atoms with Crippen molar-refractivity contribution in [3.63, 3.8) is 0 Å². The molecule has 88 valence electrons. The van der Waals surface area contributed by atoms with Crippen LogP contribution in [0.1, 0.15) is 24.2 Å². The highest BCUT2D eigenvalue weighted by Crippen LogP contribution is 2.24. The summed E-state index contributed by atoms with van der Waals surface area (Å²) in [5.41, 5.74) is 0.492. The summed E-state index contributed by atoms with van der Waals surface area (Å²) in [6.07, 6.45) is 0. The molecule has 1 aromatic rings. The minimum atomic E-state index is -0.0874. The standard InChI is InChI=1S/C12H16ClNO2/c1-8(2)7-14(3)12(16)9-4-5-11(15)10(13)6-9/h4-6,8,15H,7H2,1-3H3. The Balaban J connectivity index is 2.84. The molecule has 0 aromatic heterocycles. The van der Waals surface area contributed by atoms with E-state index in [-0.39, 0.29) is 16.7 Å². The number of carbonyl (C=O) groups is 1. The number of aromatic hydroxyl groups is 1. The first-order valence-corrected chi connectivity index (χ1v) is 5.53. The fourth-order valence-corrected chi connectivity index (χ4v) is 1.67. The van der Waals surface area contributed by atoms with Gasteiger partial charge >= 0.3 is 0 Å². The average Bonchev–Trinajstić information content (AvgIpc) is 2.20. The maximum Gasteiger partial charge on any atom is 0.253 e. The lowest BCUT2D eigenvalue weighted by molar-refractivity contribution is 0.0779. The highest BCUT2D eigenvalue weighted by atomic mass is 35.5. The van der Waals surface area contributed by atoms with Gasteiger partial charge < -0.3 is 10.0 Å². The lowest BCUT2D eigenvalue weighted by Gasteiger charge is -2.19. The number of carbonyl (C=O) groups excluding carboxylic acids is 1. The SMILES string of the molecule is CC(C)CN(C)C(=O)c1ccc(O)c(Cl)c1. The molecule has 0 saturated heterocycles. The van der Waals surface area contributed by atoms with E-state index in [9.17, 15) is 9.90 Å². The number of benzene rings is 1. The van der Waals surface area contributed by atoms with E-state index in [1.54, 1.807) is 18.0 Å². The number of phenolic OH excluding ortho intramolecular Hbond substituents is 1. The van der Waals surface area contributed by atoms with Crippen LogP contribution in [-0.4, -0.2) is 29.5 Å². The molecule has 0 heterocycles. The van der Waals surface area contributed by atoms with Crippen LogP contribution in [0.4, 0.5) is 0 Å². The summed E-state index contributed by atoms with van der Waals surface area (Å²) >= 11 is 5.75. The lowest BCUT2D eigenvalue weighted by atomic mass is 10.1. The zero-order chi connectivity index (χ0) is 12.3. The molecule has 0 atom stereocenters. The first-order valence-electron chi connectivity index (χ1n) is 5.15. The molecule has 0 unspecified atom stereocenters. The summed E-state index contributed by atoms with van der Waals surface area (Å²) in [6, 6.07) is 4.48. The number of amides is 1. The van der Waals surface area contributed by atoms with Crippen LogP contribution < -0.4 is 0 Å². The van der Waals surface area contributed by atoms with Crippen molar-refractivity contribution in [3.8, 4) is 5.75 Å². The quantitative estimate of drug-likeness (QED) is 0.884. The molecule has 1 N–H and O–H groups in total. The predicted octanol–water partition coefficient (Wildman–Crippen LogP) is 2.77. The number of rotatable bonds is 3. The fraction of sp³-hybridized carbons (Fsp3) is 0.417. The van der Waals surface area contributed by atoms with Crippen LogP contribution in [0.3, 0.4) is 0 Å². The normalized spacial score (nSPS) is 10.6. The van der Waals surface area contributed by atoms with Crippen molar-refractivity contribution in [2.24, 2.45) is 5.92 Å². The van der Waals surface area contributed by atoms with E-state index in [1.807, 2.05) is 13.8 Å². The Morgan fingerprint density at radius 2 is 2.12 bits per heavy atom. The van der Waals surface area contributed by atoms with Crippen molar-refractivity contribution >= 4 is 17.5 Å². The van der Waals surface area contributed by atoms with Gasteiger partial charge in [-0.1, -0.05) is 25.4 Å². The third-order valence-electron chi connectivity index (χ3n) is 2.18. The molecule has 0 aliphatic heterocycles. The highest BCUT2D eigenvalue weighted by Gasteiger charge is 2.13. The summed E-state index contributed by atoms with van der Waals surface area (Å²) in [7, 11) is 1.75. The van der Waals surface area contributed by atoms with Crippen LogP contribution in [-0.2, 0) is 0 Å². The Morgan fingerprint density at radius 3 is 2.62 bits per heavy atom. The molecular weight excluding hydrogens is 226 g/mol. The minimum Gasteiger partial charge on any atom is -0.506 e. The van der Waals surface area contributed by atoms with Gasteiger partial charge in [-0.05, 0) is 24.1 Å². The van der Waals surface area contributed by atoms with Crippen LogP contribution in [0, 0.1) is 5.92 Å². The first-order chi connectivity index (χ1) is 7.41. The van der Waals surface area contributed by atoms with E-state index in [4.69, 9.17) is 11.6 Å². The summed E-state index contributed by atoms with van der Waals surface area (Å²) in [5, 5.41) is 9.45. The summed E-state index contributed by atoms with van der Waals surface area (Å²) in [6.45, 7) is 4.79. The molecule has 0 aliphatic carbocycles. The van der Waals surface area contributed by atoms with Crippen LogP contribution in [0.2, 0.25) is 5.02 Å². The van der Waals surface area contributed by atoms with Gasteiger partial charge in [0.2, 0.25) is 0 Å². The zero-order valence-corrected chi connectivity index (χ0v) is 10.5. The van der Waals surface area contributed by atoms with Crippen LogP contribution in [0.25, 0.3) is 0 Å². The first kappa shape index (κ1) is 12.8. The molecule has 1 amide bonds. The van der Waals surface area contributed by atoms with Gasteiger partial charge in [0.1, 0.15) is 5.75 Å². The number of hydrogen-bond acceptors (Lipinski definition) is 2. The van der Waals surface area contributed by atoms with Crippen LogP contribution in [0.15, 0.2) is 18.2 Å². The van der Waals surface area contributed by atoms with Crippen molar-refractivity contribution in [3.05, 3.63) is 28.8 Å². The molecule has 0 saturated carbocycles. The maximum absolute atomic E-state index is 11.9. The summed E-state index contributed by atoms with van der Waals surface area (Å²) in [4.78, 5) is 13.6. The second-order valence-corrected chi connectivity index (χ2v) is 4.65. The van der Waals surface area contributed by atoms with Gasteiger partial charge in [-0.15, -0.1) is 0 Å². The Morgan fingerprint density at radius 1 is 1.50 bits per heavy atom. The van der Waals surface area contributed by atoms with Crippen molar-refractivity contribution in [2.45, 2.75) is 13.8 Å². The zero-order valence-electron chi connectivity index (χ0n) is 9.70. The molecule has 16 heavy (non-hydrogen) atoms. The van der Waals surface area contributed by atoms with Crippen molar-refractivity contribution in [1.29, 1.82) is 0 Å². The third-order valence-corrected chi connectivity index (χ3v) is 2.48. The second-order valence-electron chi connectivity index (χ2n) is 4.25. The van der Waals surface area contributed by atoms with E-state index in [2.05, 4.69) is 0 Å². The summed E-state index contributed by atoms with van der Waals surface area (Å²) in [5.74, 6) is 0.321. The molecule has 0 radical (unpaired) electrons. The van der Waals surface area contributed by atoms with E-state index in [1.165, 1.54) is 12.1 Å². The van der Waals surface area contributed by atoms with Crippen LogP contribution >= 0.6 is 11.6 Å². The largest absolute Gasteiger partial charge is 0.506 e. The topological polar surface area (TPSA) is 40.5 Å². The Labute approximate surface area is 101 Å². The molecule has 4 heteroatoms. The van der Waals surface area contributed by atoms with Gasteiger partial charge in [0.25, 0.3) is 5.91 Å². The maximum atomic E-state index is 11.9. The van der Waals surface area contributed by atoms with Gasteiger partial charge in [-0.3, -0.25) is 4.79 Å². The monoisotopic (exact) mass is 241 g/mol. The van der Waals surface area contributed by atoms with Crippen molar-refractivity contribution in [2.75, 3.05) is 13.6 Å². The molecule has 0 spiro atoms. The molecule has 0 bridgehead atoms. The summed E-state index contributed by atoms with van der Waals surface area (Å²) < 4.78 is 0. The van der Waals surface area contributed by atoms with Crippen molar-refractivity contribution in [1.82, 2.24) is 4.90 Å². The Bertz CT molecular complexity index is 391. The van der Waals surface area contributed by atoms with E-state index < -0.39 is 0 Å². The van der Waals surface area contributed by atoms with Gasteiger partial charge in [0.15, 0.2) is 0 Å². The fourth-order valence-electron chi connectivity index (χ4n) is 1.49. The molecule has 1 rings (SSSR count). The molecule has 0 fully saturated rings. The van der Waals surface area contributed by atoms with Gasteiger partial charge in [-0.25, -0.2) is 0 Å². The van der Waals surface area contributed by atoms with Gasteiger partial charge in [0, 0.05) is 19.2 Å². The molecule has 3 nitrogen and oxygen atoms in total.